The van der Waals surface area contributed by atoms with Crippen LogP contribution in [0, 0.1) is 0 Å². The maximum atomic E-state index is 14.5. The van der Waals surface area contributed by atoms with Gasteiger partial charge in [-0.15, -0.1) is 0 Å². The smallest absolute Gasteiger partial charge is 0.246 e. The summed E-state index contributed by atoms with van der Waals surface area (Å²) in [5.74, 6) is -3.59. The summed E-state index contributed by atoms with van der Waals surface area (Å²) in [6, 6.07) is 12.8. The zero-order valence-corrected chi connectivity index (χ0v) is 30.1. The number of carbonyl (C=O) groups is 6. The van der Waals surface area contributed by atoms with Crippen LogP contribution in [0.1, 0.15) is 74.6 Å². The molecule has 52 heavy (non-hydrogen) atoms. The number of nitrogens with two attached hydrogens (primary N) is 3. The number of benzene rings is 2. The summed E-state index contributed by atoms with van der Waals surface area (Å²) in [7, 11) is 0. The highest BCUT2D eigenvalue weighted by Gasteiger charge is 2.44. The van der Waals surface area contributed by atoms with Crippen LogP contribution in [0.5, 0.6) is 0 Å². The van der Waals surface area contributed by atoms with E-state index in [-0.39, 0.29) is 44.1 Å². The second-order valence-electron chi connectivity index (χ2n) is 13.0. The Hall–Kier alpha value is -5.47. The van der Waals surface area contributed by atoms with Crippen molar-refractivity contribution < 1.29 is 28.8 Å². The van der Waals surface area contributed by atoms with Gasteiger partial charge < -0.3 is 43.8 Å². The first-order valence-corrected chi connectivity index (χ1v) is 17.8. The average molecular weight is 720 g/mol. The van der Waals surface area contributed by atoms with E-state index >= 15 is 0 Å². The van der Waals surface area contributed by atoms with Crippen LogP contribution in [0.3, 0.4) is 0 Å². The first kappa shape index (κ1) is 41.0. The number of hydrogen-bond donors (Lipinski definition) is 8. The molecule has 1 aliphatic carbocycles. The fourth-order valence-corrected chi connectivity index (χ4v) is 6.22. The molecule has 2 aromatic carbocycles. The van der Waals surface area contributed by atoms with E-state index in [2.05, 4.69) is 44.6 Å². The molecule has 0 saturated carbocycles. The lowest BCUT2D eigenvalue weighted by molar-refractivity contribution is -0.137. The third kappa shape index (κ3) is 12.7. The standard InChI is InChI=1S/C37H53N9O6/c1-3-5-16-31(48)46-37(18-17-27-25(4-2)13-9-14-26(27)21-37)35(52)45-29(20-24-11-7-6-8-12-24)34(51)44-28(15-10-19-41-36(39)40)33(50)43-23-32(49)42-22-30(38)47/h6-9,11-14,28-29H,3-5,10,15-23H2,1-2H3,(H2,38,47)(H,42,49)(H,43,50)(H,44,51)(H,45,52)(H,46,48)(H4,39,40,41). The molecule has 2 aromatic rings. The van der Waals surface area contributed by atoms with Gasteiger partial charge in [0, 0.05) is 25.8 Å². The maximum absolute atomic E-state index is 14.5. The Kier molecular flexibility index (Phi) is 16.1. The molecule has 3 unspecified atom stereocenters. The minimum Gasteiger partial charge on any atom is -0.370 e. The number of unbranched alkanes of at least 4 members (excludes halogenated alkanes) is 1. The molecule has 0 heterocycles. The van der Waals surface area contributed by atoms with Gasteiger partial charge in [-0.05, 0) is 60.8 Å². The Bertz CT molecular complexity index is 1600. The molecule has 282 valence electrons. The van der Waals surface area contributed by atoms with Crippen LogP contribution in [0.15, 0.2) is 53.5 Å². The van der Waals surface area contributed by atoms with Gasteiger partial charge in [-0.25, -0.2) is 0 Å². The topological polar surface area (TPSA) is 253 Å². The highest BCUT2D eigenvalue weighted by molar-refractivity contribution is 5.97. The lowest BCUT2D eigenvalue weighted by Gasteiger charge is -2.39. The van der Waals surface area contributed by atoms with E-state index in [1.165, 1.54) is 11.1 Å². The van der Waals surface area contributed by atoms with Gasteiger partial charge in [0.15, 0.2) is 5.96 Å². The summed E-state index contributed by atoms with van der Waals surface area (Å²) in [5.41, 5.74) is 18.7. The van der Waals surface area contributed by atoms with Gasteiger partial charge in [0.25, 0.3) is 0 Å². The molecule has 15 heteroatoms. The Morgan fingerprint density at radius 1 is 0.827 bits per heavy atom. The fourth-order valence-electron chi connectivity index (χ4n) is 6.22. The zero-order valence-electron chi connectivity index (χ0n) is 30.1. The largest absolute Gasteiger partial charge is 0.370 e. The number of aryl methyl sites for hydroxylation is 1. The first-order valence-electron chi connectivity index (χ1n) is 17.8. The van der Waals surface area contributed by atoms with Gasteiger partial charge in [-0.3, -0.25) is 33.8 Å². The number of carbonyl (C=O) groups excluding carboxylic acids is 6. The lowest BCUT2D eigenvalue weighted by atomic mass is 9.75. The van der Waals surface area contributed by atoms with E-state index in [0.29, 0.717) is 25.7 Å². The van der Waals surface area contributed by atoms with Crippen LogP contribution < -0.4 is 43.8 Å². The second-order valence-corrected chi connectivity index (χ2v) is 13.0. The lowest BCUT2D eigenvalue weighted by Crippen LogP contribution is -2.65. The summed E-state index contributed by atoms with van der Waals surface area (Å²) in [4.78, 5) is 82.2. The van der Waals surface area contributed by atoms with E-state index < -0.39 is 60.2 Å². The molecule has 0 saturated heterocycles. The molecule has 1 aliphatic rings. The predicted molar refractivity (Wildman–Crippen MR) is 197 cm³/mol. The highest BCUT2D eigenvalue weighted by atomic mass is 16.2. The van der Waals surface area contributed by atoms with Crippen molar-refractivity contribution in [1.29, 1.82) is 0 Å². The summed E-state index contributed by atoms with van der Waals surface area (Å²) < 4.78 is 0. The van der Waals surface area contributed by atoms with Crippen molar-refractivity contribution in [2.75, 3.05) is 19.6 Å². The van der Waals surface area contributed by atoms with Crippen LogP contribution in [-0.4, -0.2) is 78.7 Å². The quantitative estimate of drug-likeness (QED) is 0.0514. The van der Waals surface area contributed by atoms with Gasteiger partial charge >= 0.3 is 0 Å². The third-order valence-electron chi connectivity index (χ3n) is 8.98. The number of aliphatic imine (C=N–C) groups is 1. The van der Waals surface area contributed by atoms with Crippen LogP contribution in [0.4, 0.5) is 0 Å². The maximum Gasteiger partial charge on any atom is 0.246 e. The zero-order chi connectivity index (χ0) is 38.1. The number of nitrogens with zero attached hydrogens (tertiary/aromatic N) is 1. The van der Waals surface area contributed by atoms with E-state index in [9.17, 15) is 28.8 Å². The molecule has 3 atom stereocenters. The fraction of sp³-hybridized carbons (Fsp3) is 0.486. The van der Waals surface area contributed by atoms with Gasteiger partial charge in [-0.2, -0.15) is 0 Å². The molecule has 15 nitrogen and oxygen atoms in total. The van der Waals surface area contributed by atoms with Crippen molar-refractivity contribution in [2.45, 2.75) is 95.7 Å². The Morgan fingerprint density at radius 3 is 2.25 bits per heavy atom. The Balaban J connectivity index is 1.90. The summed E-state index contributed by atoms with van der Waals surface area (Å²) in [6.07, 6.45) is 4.23. The first-order chi connectivity index (χ1) is 24.9. The third-order valence-corrected chi connectivity index (χ3v) is 8.98. The van der Waals surface area contributed by atoms with Crippen LogP contribution >= 0.6 is 0 Å². The number of hydrogen-bond acceptors (Lipinski definition) is 7. The van der Waals surface area contributed by atoms with E-state index in [1.807, 2.05) is 49.4 Å². The van der Waals surface area contributed by atoms with Crippen molar-refractivity contribution >= 4 is 41.4 Å². The molecule has 0 aromatic heterocycles. The normalized spacial score (nSPS) is 15.9. The minimum absolute atomic E-state index is 0.0900. The summed E-state index contributed by atoms with van der Waals surface area (Å²) >= 11 is 0. The summed E-state index contributed by atoms with van der Waals surface area (Å²) in [5, 5.41) is 13.5. The Labute approximate surface area is 304 Å². The number of rotatable bonds is 20. The molecule has 3 rings (SSSR count). The van der Waals surface area contributed by atoms with Gasteiger partial charge in [0.2, 0.25) is 35.4 Å². The van der Waals surface area contributed by atoms with Crippen molar-refractivity contribution in [3.8, 4) is 0 Å². The van der Waals surface area contributed by atoms with Crippen molar-refractivity contribution in [2.24, 2.45) is 22.2 Å². The molecule has 11 N–H and O–H groups in total. The molecule has 0 radical (unpaired) electrons. The van der Waals surface area contributed by atoms with Gasteiger partial charge in [-0.1, -0.05) is 68.8 Å². The molecule has 0 fully saturated rings. The van der Waals surface area contributed by atoms with Crippen LogP contribution in [-0.2, 0) is 54.5 Å². The van der Waals surface area contributed by atoms with Gasteiger partial charge in [0.05, 0.1) is 13.1 Å². The molecular weight excluding hydrogens is 666 g/mol. The van der Waals surface area contributed by atoms with E-state index in [4.69, 9.17) is 17.2 Å². The molecule has 6 amide bonds. The van der Waals surface area contributed by atoms with Crippen LogP contribution in [0.2, 0.25) is 0 Å². The SMILES string of the molecule is CCCCC(=O)NC1(C(=O)NC(Cc2ccccc2)C(=O)NC(CCCN=C(N)N)C(=O)NCC(=O)NCC(N)=O)CCc2c(CC)cccc2C1. The van der Waals surface area contributed by atoms with Crippen molar-refractivity contribution in [3.05, 3.63) is 70.8 Å². The number of primary amides is 1. The second kappa shape index (κ2) is 20.4. The van der Waals surface area contributed by atoms with Gasteiger partial charge in [0.1, 0.15) is 17.6 Å². The minimum atomic E-state index is -1.31. The average Bonchev–Trinajstić information content (AvgIpc) is 3.12. The number of guanidine groups is 1. The highest BCUT2D eigenvalue weighted by Crippen LogP contribution is 2.32. The molecule has 0 spiro atoms. The molecular formula is C37H53N9O6. The molecule has 0 bridgehead atoms. The summed E-state index contributed by atoms with van der Waals surface area (Å²) in [6.45, 7) is 3.36. The van der Waals surface area contributed by atoms with Crippen molar-refractivity contribution in [3.63, 3.8) is 0 Å². The van der Waals surface area contributed by atoms with Crippen molar-refractivity contribution in [1.82, 2.24) is 26.6 Å². The number of fused-ring (bicyclic) bond motifs is 1. The monoisotopic (exact) mass is 719 g/mol. The van der Waals surface area contributed by atoms with Crippen LogP contribution in [0.25, 0.3) is 0 Å². The molecule has 0 aliphatic heterocycles. The van der Waals surface area contributed by atoms with E-state index in [1.54, 1.807) is 0 Å². The van der Waals surface area contributed by atoms with E-state index in [0.717, 1.165) is 24.0 Å². The Morgan fingerprint density at radius 2 is 1.58 bits per heavy atom. The predicted octanol–water partition coefficient (Wildman–Crippen LogP) is -0.233. The number of nitrogens with one attached hydrogen (secondary N) is 5. The number of amides is 6.